The van der Waals surface area contributed by atoms with Gasteiger partial charge in [-0.15, -0.1) is 0 Å². The quantitative estimate of drug-likeness (QED) is 0.525. The Bertz CT molecular complexity index is 336. The lowest BCUT2D eigenvalue weighted by molar-refractivity contribution is -0.0218. The Balaban J connectivity index is 2.89. The molecule has 0 N–H and O–H groups in total. The minimum absolute atomic E-state index is 0.240. The molecule has 4 nitrogen and oxygen atoms in total. The number of hydrogen-bond acceptors (Lipinski definition) is 2. The highest BCUT2D eigenvalue weighted by molar-refractivity contribution is 5.97. The third kappa shape index (κ3) is 2.81. The summed E-state index contributed by atoms with van der Waals surface area (Å²) in [6.07, 6.45) is 5.51. The van der Waals surface area contributed by atoms with Crippen molar-refractivity contribution in [1.29, 1.82) is 0 Å². The van der Waals surface area contributed by atoms with Gasteiger partial charge in [-0.2, -0.15) is 4.79 Å². The minimum atomic E-state index is -0.240. The van der Waals surface area contributed by atoms with Gasteiger partial charge < -0.3 is 15.2 Å². The van der Waals surface area contributed by atoms with Gasteiger partial charge in [0, 0.05) is 31.5 Å². The third-order valence-corrected chi connectivity index (χ3v) is 2.63. The molecule has 0 fully saturated rings. The maximum Gasteiger partial charge on any atom is 0.324 e. The Morgan fingerprint density at radius 3 is 2.50 bits per heavy atom. The van der Waals surface area contributed by atoms with Crippen molar-refractivity contribution in [2.75, 3.05) is 19.7 Å². The summed E-state index contributed by atoms with van der Waals surface area (Å²) in [5, 5.41) is 0. The number of rotatable bonds is 5. The molecule has 1 atom stereocenters. The van der Waals surface area contributed by atoms with Crippen molar-refractivity contribution in [3.8, 4) is 0 Å². The van der Waals surface area contributed by atoms with Crippen LogP contribution in [0.25, 0.3) is 5.53 Å². The van der Waals surface area contributed by atoms with E-state index in [4.69, 9.17) is 10.3 Å². The van der Waals surface area contributed by atoms with Crippen molar-refractivity contribution in [1.82, 2.24) is 4.90 Å². The van der Waals surface area contributed by atoms with Gasteiger partial charge in [0.05, 0.1) is 0 Å². The van der Waals surface area contributed by atoms with Gasteiger partial charge in [-0.05, 0) is 32.9 Å². The second-order valence-electron chi connectivity index (χ2n) is 3.50. The van der Waals surface area contributed by atoms with Crippen LogP contribution in [0.4, 0.5) is 0 Å². The second-order valence-corrected chi connectivity index (χ2v) is 3.50. The highest BCUT2D eigenvalue weighted by Crippen LogP contribution is 2.14. The highest BCUT2D eigenvalue weighted by Gasteiger charge is 2.24. The zero-order chi connectivity index (χ0) is 12.0. The Kier molecular flexibility index (Phi) is 4.96. The molecule has 1 aliphatic carbocycles. The zero-order valence-electron chi connectivity index (χ0n) is 10.2. The maximum atomic E-state index is 8.84. The van der Waals surface area contributed by atoms with E-state index >= 15 is 0 Å². The van der Waals surface area contributed by atoms with Crippen LogP contribution in [-0.4, -0.2) is 41.2 Å². The molecule has 0 aliphatic heterocycles. The van der Waals surface area contributed by atoms with E-state index in [9.17, 15) is 0 Å². The maximum absolute atomic E-state index is 8.84. The molecule has 0 amide bonds. The summed E-state index contributed by atoms with van der Waals surface area (Å²) >= 11 is 0. The number of hydrogen-bond donors (Lipinski definition) is 0. The van der Waals surface area contributed by atoms with Crippen LogP contribution < -0.4 is 0 Å². The van der Waals surface area contributed by atoms with Gasteiger partial charge in [0.1, 0.15) is 0 Å². The van der Waals surface area contributed by atoms with Crippen molar-refractivity contribution in [3.63, 3.8) is 0 Å². The highest BCUT2D eigenvalue weighted by atomic mass is 16.5. The first-order valence-corrected chi connectivity index (χ1v) is 5.75. The second kappa shape index (κ2) is 6.26. The SMILES string of the molecule is CCOC1C=C(N(CC)CC)C=CC1=[N+]=[N-]. The minimum Gasteiger partial charge on any atom is -0.372 e. The van der Waals surface area contributed by atoms with Gasteiger partial charge in [0.2, 0.25) is 0 Å². The third-order valence-electron chi connectivity index (χ3n) is 2.63. The Hall–Kier alpha value is -1.38. The molecule has 16 heavy (non-hydrogen) atoms. The molecule has 0 saturated heterocycles. The molecule has 0 saturated carbocycles. The number of nitrogens with zero attached hydrogens (tertiary/aromatic N) is 3. The molecule has 0 radical (unpaired) electrons. The van der Waals surface area contributed by atoms with E-state index in [1.807, 2.05) is 19.1 Å². The van der Waals surface area contributed by atoms with E-state index in [1.165, 1.54) is 0 Å². The van der Waals surface area contributed by atoms with Crippen LogP contribution in [0.15, 0.2) is 23.9 Å². The molecule has 0 heterocycles. The Morgan fingerprint density at radius 1 is 1.31 bits per heavy atom. The molecule has 0 aromatic heterocycles. The molecule has 0 aromatic carbocycles. The Labute approximate surface area is 96.8 Å². The molecule has 0 bridgehead atoms. The molecule has 1 rings (SSSR count). The van der Waals surface area contributed by atoms with E-state index in [1.54, 1.807) is 6.08 Å². The summed E-state index contributed by atoms with van der Waals surface area (Å²) in [5.41, 5.74) is 10.5. The summed E-state index contributed by atoms with van der Waals surface area (Å²) in [7, 11) is 0. The first-order chi connectivity index (χ1) is 7.76. The first-order valence-electron chi connectivity index (χ1n) is 5.75. The van der Waals surface area contributed by atoms with Crippen molar-refractivity contribution in [2.45, 2.75) is 26.9 Å². The summed E-state index contributed by atoms with van der Waals surface area (Å²) < 4.78 is 5.51. The van der Waals surface area contributed by atoms with E-state index in [-0.39, 0.29) is 6.10 Å². The zero-order valence-corrected chi connectivity index (χ0v) is 10.2. The lowest BCUT2D eigenvalue weighted by atomic mass is 10.1. The van der Waals surface area contributed by atoms with Gasteiger partial charge in [0.25, 0.3) is 0 Å². The topological polar surface area (TPSA) is 48.9 Å². The van der Waals surface area contributed by atoms with Crippen LogP contribution in [-0.2, 0) is 4.74 Å². The Morgan fingerprint density at radius 2 is 2.00 bits per heavy atom. The van der Waals surface area contributed by atoms with Crippen molar-refractivity contribution >= 4 is 5.71 Å². The van der Waals surface area contributed by atoms with Crippen LogP contribution >= 0.6 is 0 Å². The fourth-order valence-corrected chi connectivity index (χ4v) is 1.76. The first kappa shape index (κ1) is 12.7. The predicted octanol–water partition coefficient (Wildman–Crippen LogP) is 1.86. The molecule has 1 aliphatic rings. The van der Waals surface area contributed by atoms with Gasteiger partial charge in [0.15, 0.2) is 6.10 Å². The van der Waals surface area contributed by atoms with Crippen LogP contribution in [0, 0.1) is 0 Å². The van der Waals surface area contributed by atoms with Crippen LogP contribution in [0.2, 0.25) is 0 Å². The molecular formula is C12H19N3O. The molecule has 88 valence electrons. The molecule has 1 unspecified atom stereocenters. The summed E-state index contributed by atoms with van der Waals surface area (Å²) in [4.78, 5) is 5.47. The van der Waals surface area contributed by atoms with E-state index in [2.05, 4.69) is 23.5 Å². The largest absolute Gasteiger partial charge is 0.372 e. The van der Waals surface area contributed by atoms with Crippen molar-refractivity contribution in [2.24, 2.45) is 0 Å². The monoisotopic (exact) mass is 221 g/mol. The summed E-state index contributed by atoms with van der Waals surface area (Å²) in [6.45, 7) is 8.67. The number of ether oxygens (including phenoxy) is 1. The van der Waals surface area contributed by atoms with Crippen molar-refractivity contribution < 1.29 is 9.53 Å². The lowest BCUT2D eigenvalue weighted by Gasteiger charge is -2.25. The van der Waals surface area contributed by atoms with Gasteiger partial charge in [-0.3, -0.25) is 0 Å². The molecule has 0 aromatic rings. The fourth-order valence-electron chi connectivity index (χ4n) is 1.76. The van der Waals surface area contributed by atoms with Crippen LogP contribution in [0.5, 0.6) is 0 Å². The summed E-state index contributed by atoms with van der Waals surface area (Å²) in [6, 6.07) is 0. The fraction of sp³-hybridized carbons (Fsp3) is 0.583. The van der Waals surface area contributed by atoms with E-state index in [0.29, 0.717) is 12.3 Å². The van der Waals surface area contributed by atoms with Crippen molar-refractivity contribution in [3.05, 3.63) is 29.5 Å². The van der Waals surface area contributed by atoms with Gasteiger partial charge in [-0.25, -0.2) is 0 Å². The molecular weight excluding hydrogens is 202 g/mol. The predicted molar refractivity (Wildman–Crippen MR) is 64.2 cm³/mol. The van der Waals surface area contributed by atoms with Crippen LogP contribution in [0.3, 0.4) is 0 Å². The molecule has 4 heteroatoms. The number of allylic oxidation sites excluding steroid dienone is 1. The van der Waals surface area contributed by atoms with E-state index < -0.39 is 0 Å². The lowest BCUT2D eigenvalue weighted by Crippen LogP contribution is -2.29. The number of likely N-dealkylation sites (N-methyl/N-ethyl adjacent to an activating group) is 1. The van der Waals surface area contributed by atoms with Crippen LogP contribution in [0.1, 0.15) is 20.8 Å². The summed E-state index contributed by atoms with van der Waals surface area (Å²) in [5.74, 6) is 0. The average molecular weight is 221 g/mol. The smallest absolute Gasteiger partial charge is 0.324 e. The van der Waals surface area contributed by atoms with Gasteiger partial charge >= 0.3 is 5.71 Å². The molecule has 0 spiro atoms. The average Bonchev–Trinajstić information content (AvgIpc) is 2.31. The van der Waals surface area contributed by atoms with Gasteiger partial charge in [-0.1, -0.05) is 0 Å². The normalized spacial score (nSPS) is 19.3. The standard InChI is InChI=1S/C12H19N3O/c1-4-15(5-2)10-7-8-11(14-13)12(9-10)16-6-3/h7-9,12H,4-6H2,1-3H3. The van der Waals surface area contributed by atoms with E-state index in [0.717, 1.165) is 18.8 Å².